The Labute approximate surface area is 176 Å². The highest BCUT2D eigenvalue weighted by atomic mass is 35.5. The van der Waals surface area contributed by atoms with E-state index in [9.17, 15) is 18.4 Å². The van der Waals surface area contributed by atoms with Crippen LogP contribution in [-0.2, 0) is 10.3 Å². The molecule has 0 radical (unpaired) electrons. The largest absolute Gasteiger partial charge is 0.497 e. The molecule has 30 heavy (non-hydrogen) atoms. The first-order valence-electron chi connectivity index (χ1n) is 9.34. The Kier molecular flexibility index (Phi) is 5.23. The molecule has 2 atom stereocenters. The number of hydrogen-bond acceptors (Lipinski definition) is 4. The fourth-order valence-electron chi connectivity index (χ4n) is 3.71. The lowest BCUT2D eigenvalue weighted by atomic mass is 9.93. The van der Waals surface area contributed by atoms with Gasteiger partial charge >= 0.3 is 6.03 Å². The van der Waals surface area contributed by atoms with Crippen molar-refractivity contribution in [3.63, 3.8) is 0 Å². The van der Waals surface area contributed by atoms with Crippen LogP contribution in [0.1, 0.15) is 30.0 Å². The number of benzene rings is 1. The molecule has 10 heteroatoms. The van der Waals surface area contributed by atoms with E-state index in [0.29, 0.717) is 23.6 Å². The van der Waals surface area contributed by atoms with Crippen molar-refractivity contribution in [2.45, 2.75) is 30.3 Å². The average molecular weight is 437 g/mol. The van der Waals surface area contributed by atoms with E-state index in [1.165, 1.54) is 13.3 Å². The van der Waals surface area contributed by atoms with Gasteiger partial charge in [-0.2, -0.15) is 0 Å². The van der Waals surface area contributed by atoms with E-state index in [-0.39, 0.29) is 17.9 Å². The third kappa shape index (κ3) is 3.77. The number of carbonyl (C=O) groups is 2. The van der Waals surface area contributed by atoms with Crippen LogP contribution >= 0.6 is 11.6 Å². The number of nitrogens with one attached hydrogen (secondary N) is 3. The number of amides is 3. The van der Waals surface area contributed by atoms with Crippen molar-refractivity contribution in [3.8, 4) is 5.75 Å². The maximum absolute atomic E-state index is 14.5. The molecule has 1 saturated heterocycles. The van der Waals surface area contributed by atoms with Crippen molar-refractivity contribution in [2.75, 3.05) is 13.7 Å². The number of halogens is 3. The van der Waals surface area contributed by atoms with Crippen LogP contribution in [0.15, 0.2) is 30.5 Å². The van der Waals surface area contributed by atoms with Crippen molar-refractivity contribution in [3.05, 3.63) is 58.4 Å². The number of carbonyl (C=O) groups excluding carboxylic acids is 2. The van der Waals surface area contributed by atoms with Crippen LogP contribution in [0.25, 0.3) is 0 Å². The topological polar surface area (TPSA) is 92.4 Å². The molecule has 0 bridgehead atoms. The van der Waals surface area contributed by atoms with E-state index in [2.05, 4.69) is 20.9 Å². The highest BCUT2D eigenvalue weighted by molar-refractivity contribution is 6.30. The summed E-state index contributed by atoms with van der Waals surface area (Å²) in [6.45, 7) is -0.00612. The highest BCUT2D eigenvalue weighted by Gasteiger charge is 2.48. The summed E-state index contributed by atoms with van der Waals surface area (Å²) in [6, 6.07) is 3.75. The van der Waals surface area contributed by atoms with Gasteiger partial charge < -0.3 is 20.7 Å². The summed E-state index contributed by atoms with van der Waals surface area (Å²) in [5.41, 5.74) is -0.266. The number of methoxy groups -OCH3 is 1. The Morgan fingerprint density at radius 1 is 1.30 bits per heavy atom. The normalized spacial score (nSPS) is 21.7. The van der Waals surface area contributed by atoms with E-state index in [1.54, 1.807) is 12.1 Å². The second kappa shape index (κ2) is 7.71. The summed E-state index contributed by atoms with van der Waals surface area (Å²) in [4.78, 5) is 29.2. The Bertz CT molecular complexity index is 975. The molecule has 0 unspecified atom stereocenters. The zero-order valence-electron chi connectivity index (χ0n) is 16.0. The van der Waals surface area contributed by atoms with Crippen LogP contribution in [0.3, 0.4) is 0 Å². The number of rotatable bonds is 5. The first kappa shape index (κ1) is 20.3. The van der Waals surface area contributed by atoms with Crippen molar-refractivity contribution < 1.29 is 23.1 Å². The van der Waals surface area contributed by atoms with Gasteiger partial charge in [-0.25, -0.2) is 13.6 Å². The molecule has 3 N–H and O–H groups in total. The van der Waals surface area contributed by atoms with Crippen LogP contribution in [0.2, 0.25) is 5.02 Å². The zero-order chi connectivity index (χ0) is 21.5. The van der Waals surface area contributed by atoms with Crippen molar-refractivity contribution >= 4 is 23.5 Å². The van der Waals surface area contributed by atoms with Gasteiger partial charge in [-0.3, -0.25) is 9.78 Å². The quantitative estimate of drug-likeness (QED) is 0.671. The molecular weight excluding hydrogens is 418 g/mol. The summed E-state index contributed by atoms with van der Waals surface area (Å²) in [6.07, 6.45) is 2.85. The molecule has 3 amide bonds. The van der Waals surface area contributed by atoms with Gasteiger partial charge in [0.15, 0.2) is 0 Å². The lowest BCUT2D eigenvalue weighted by molar-refractivity contribution is -0.120. The number of nitrogens with zero attached hydrogens (tertiary/aromatic N) is 1. The molecule has 0 spiro atoms. The Morgan fingerprint density at radius 3 is 2.57 bits per heavy atom. The number of ether oxygens (including phenoxy) is 1. The van der Waals surface area contributed by atoms with Gasteiger partial charge in [0.2, 0.25) is 5.91 Å². The minimum Gasteiger partial charge on any atom is -0.497 e. The van der Waals surface area contributed by atoms with E-state index >= 15 is 0 Å². The minimum absolute atomic E-state index is 0.00612. The minimum atomic E-state index is -1.13. The molecule has 1 aliphatic heterocycles. The maximum Gasteiger partial charge on any atom is 0.316 e. The predicted molar refractivity (Wildman–Crippen MR) is 104 cm³/mol. The summed E-state index contributed by atoms with van der Waals surface area (Å²) in [5, 5.41) is 8.41. The molecular formula is C20H19ClF2N4O3. The SMILES string of the molecule is COc1cc(F)c([C@@H]2CNC(=O)[C@H]2NC(=O)NC2(c3ccc(Cl)cn3)CC2)c(F)c1. The van der Waals surface area contributed by atoms with E-state index in [4.69, 9.17) is 16.3 Å². The Morgan fingerprint density at radius 2 is 2.00 bits per heavy atom. The molecule has 2 heterocycles. The Balaban J connectivity index is 1.51. The summed E-state index contributed by atoms with van der Waals surface area (Å²) < 4.78 is 33.9. The van der Waals surface area contributed by atoms with Crippen molar-refractivity contribution in [2.24, 2.45) is 0 Å². The third-order valence-corrected chi connectivity index (χ3v) is 5.67. The van der Waals surface area contributed by atoms with Crippen LogP contribution in [0.5, 0.6) is 5.75 Å². The van der Waals surface area contributed by atoms with Crippen molar-refractivity contribution in [1.82, 2.24) is 20.9 Å². The molecule has 1 saturated carbocycles. The second-order valence-corrected chi connectivity index (χ2v) is 7.81. The smallest absolute Gasteiger partial charge is 0.316 e. The van der Waals surface area contributed by atoms with Crippen LogP contribution in [-0.4, -0.2) is 36.6 Å². The molecule has 1 aromatic heterocycles. The van der Waals surface area contributed by atoms with Crippen LogP contribution in [0.4, 0.5) is 13.6 Å². The van der Waals surface area contributed by atoms with Crippen LogP contribution in [0, 0.1) is 11.6 Å². The monoisotopic (exact) mass is 436 g/mol. The fourth-order valence-corrected chi connectivity index (χ4v) is 3.82. The summed E-state index contributed by atoms with van der Waals surface area (Å²) in [7, 11) is 1.30. The third-order valence-electron chi connectivity index (χ3n) is 5.45. The van der Waals surface area contributed by atoms with Crippen molar-refractivity contribution in [1.29, 1.82) is 0 Å². The van der Waals surface area contributed by atoms with Gasteiger partial charge in [0.1, 0.15) is 23.4 Å². The molecule has 1 aromatic carbocycles. The van der Waals surface area contributed by atoms with E-state index < -0.39 is 41.1 Å². The predicted octanol–water partition coefficient (Wildman–Crippen LogP) is 2.59. The van der Waals surface area contributed by atoms with Gasteiger partial charge in [-0.05, 0) is 25.0 Å². The van der Waals surface area contributed by atoms with Gasteiger partial charge in [-0.1, -0.05) is 11.6 Å². The summed E-state index contributed by atoms with van der Waals surface area (Å²) in [5.74, 6) is -3.08. The maximum atomic E-state index is 14.5. The molecule has 2 aromatic rings. The molecule has 158 valence electrons. The molecule has 7 nitrogen and oxygen atoms in total. The number of urea groups is 1. The second-order valence-electron chi connectivity index (χ2n) is 7.38. The molecule has 4 rings (SSSR count). The first-order chi connectivity index (χ1) is 14.3. The van der Waals surface area contributed by atoms with Gasteiger partial charge in [-0.15, -0.1) is 0 Å². The van der Waals surface area contributed by atoms with Gasteiger partial charge in [0.05, 0.1) is 23.4 Å². The van der Waals surface area contributed by atoms with E-state index in [0.717, 1.165) is 12.1 Å². The average Bonchev–Trinajstić information content (AvgIpc) is 3.40. The number of pyridine rings is 1. The number of hydrogen-bond donors (Lipinski definition) is 3. The van der Waals surface area contributed by atoms with Gasteiger partial charge in [0.25, 0.3) is 0 Å². The Hall–Kier alpha value is -2.94. The standard InChI is InChI=1S/C20H19ClF2N4O3/c1-30-11-6-13(22)16(14(23)7-11)12-9-25-18(28)17(12)26-19(29)27-20(4-5-20)15-3-2-10(21)8-24-15/h2-3,6-8,12,17H,4-5,9H2,1H3,(H,25,28)(H2,26,27,29)/t12-,17-/m0/s1. The molecule has 2 fully saturated rings. The van der Waals surface area contributed by atoms with Crippen LogP contribution < -0.4 is 20.7 Å². The molecule has 1 aliphatic carbocycles. The molecule has 2 aliphatic rings. The highest BCUT2D eigenvalue weighted by Crippen LogP contribution is 2.44. The van der Waals surface area contributed by atoms with Gasteiger partial charge in [0, 0.05) is 36.4 Å². The fraction of sp³-hybridized carbons (Fsp3) is 0.350. The lowest BCUT2D eigenvalue weighted by Gasteiger charge is -2.23. The zero-order valence-corrected chi connectivity index (χ0v) is 16.7. The number of aromatic nitrogens is 1. The first-order valence-corrected chi connectivity index (χ1v) is 9.72. The van der Waals surface area contributed by atoms with E-state index in [1.807, 2.05) is 0 Å². The lowest BCUT2D eigenvalue weighted by Crippen LogP contribution is -2.50. The summed E-state index contributed by atoms with van der Waals surface area (Å²) >= 11 is 5.86.